The quantitative estimate of drug-likeness (QED) is 0.614. The second kappa shape index (κ2) is 3.74. The van der Waals surface area contributed by atoms with E-state index in [1.165, 1.54) is 16.5 Å². The molecule has 0 aliphatic rings. The summed E-state index contributed by atoms with van der Waals surface area (Å²) >= 11 is 0. The number of fused-ring (bicyclic) bond motifs is 1. The molecule has 84 valence electrons. The van der Waals surface area contributed by atoms with Gasteiger partial charge < -0.3 is 0 Å². The first kappa shape index (κ1) is 10.1. The average molecular weight is 222 g/mol. The van der Waals surface area contributed by atoms with E-state index in [1.807, 2.05) is 4.68 Å². The normalized spacial score (nSPS) is 10.9. The monoisotopic (exact) mass is 222 g/mol. The van der Waals surface area contributed by atoms with Crippen molar-refractivity contribution in [3.8, 4) is 5.69 Å². The molecule has 0 radical (unpaired) electrons. The molecule has 2 aromatic carbocycles. The molecule has 2 nitrogen and oxygen atoms in total. The maximum absolute atomic E-state index is 4.60. The summed E-state index contributed by atoms with van der Waals surface area (Å²) in [5.41, 5.74) is 4.65. The number of hydrogen-bond acceptors (Lipinski definition) is 1. The molecule has 0 N–H and O–H groups in total. The third-order valence-corrected chi connectivity index (χ3v) is 2.93. The molecule has 0 aliphatic heterocycles. The van der Waals surface area contributed by atoms with E-state index in [1.54, 1.807) is 0 Å². The molecule has 0 saturated carbocycles. The second-order valence-electron chi connectivity index (χ2n) is 4.47. The summed E-state index contributed by atoms with van der Waals surface area (Å²) in [7, 11) is 0. The zero-order chi connectivity index (χ0) is 11.8. The minimum Gasteiger partial charge on any atom is -0.240 e. The van der Waals surface area contributed by atoms with Crippen LogP contribution in [0, 0.1) is 13.8 Å². The van der Waals surface area contributed by atoms with Gasteiger partial charge in [0.25, 0.3) is 0 Å². The first-order valence-electron chi connectivity index (χ1n) is 5.75. The number of rotatable bonds is 1. The van der Waals surface area contributed by atoms with Gasteiger partial charge in [-0.25, -0.2) is 4.68 Å². The van der Waals surface area contributed by atoms with Crippen LogP contribution in [0.15, 0.2) is 48.7 Å². The summed E-state index contributed by atoms with van der Waals surface area (Å²) in [4.78, 5) is 0. The van der Waals surface area contributed by atoms with Gasteiger partial charge in [-0.2, -0.15) is 5.10 Å². The van der Waals surface area contributed by atoms with E-state index in [0.717, 1.165) is 11.2 Å². The van der Waals surface area contributed by atoms with Crippen molar-refractivity contribution in [2.45, 2.75) is 13.8 Å². The highest BCUT2D eigenvalue weighted by Gasteiger charge is 2.02. The van der Waals surface area contributed by atoms with Crippen LogP contribution >= 0.6 is 0 Å². The standard InChI is InChI=1S/C15H14N2/c1-11-4-3-5-14(8-11)17-10-13-7-6-12(2)9-15(13)16-17/h3-10H,1-2H3. The number of aromatic nitrogens is 2. The van der Waals surface area contributed by atoms with Crippen molar-refractivity contribution >= 4 is 10.9 Å². The summed E-state index contributed by atoms with van der Waals surface area (Å²) in [6.45, 7) is 4.18. The maximum atomic E-state index is 4.60. The van der Waals surface area contributed by atoms with Crippen LogP contribution in [0.5, 0.6) is 0 Å². The fourth-order valence-electron chi connectivity index (χ4n) is 2.03. The highest BCUT2D eigenvalue weighted by molar-refractivity contribution is 5.79. The smallest absolute Gasteiger partial charge is 0.0930 e. The van der Waals surface area contributed by atoms with Gasteiger partial charge in [0.1, 0.15) is 0 Å². The van der Waals surface area contributed by atoms with Crippen molar-refractivity contribution in [3.05, 3.63) is 59.8 Å². The van der Waals surface area contributed by atoms with E-state index in [4.69, 9.17) is 0 Å². The Balaban J connectivity index is 2.18. The first-order valence-corrected chi connectivity index (χ1v) is 5.75. The van der Waals surface area contributed by atoms with Gasteiger partial charge in [0, 0.05) is 11.6 Å². The molecule has 3 rings (SSSR count). The lowest BCUT2D eigenvalue weighted by atomic mass is 10.2. The van der Waals surface area contributed by atoms with Gasteiger partial charge in [0.2, 0.25) is 0 Å². The van der Waals surface area contributed by atoms with Crippen LogP contribution < -0.4 is 0 Å². The number of hydrogen-bond donors (Lipinski definition) is 0. The van der Waals surface area contributed by atoms with Gasteiger partial charge in [0.15, 0.2) is 0 Å². The first-order chi connectivity index (χ1) is 8.22. The fraction of sp³-hybridized carbons (Fsp3) is 0.133. The minimum absolute atomic E-state index is 1.05. The zero-order valence-electron chi connectivity index (χ0n) is 10.0. The second-order valence-corrected chi connectivity index (χ2v) is 4.47. The van der Waals surface area contributed by atoms with Gasteiger partial charge >= 0.3 is 0 Å². The highest BCUT2D eigenvalue weighted by atomic mass is 15.3. The molecule has 0 atom stereocenters. The summed E-state index contributed by atoms with van der Waals surface area (Å²) in [5.74, 6) is 0. The predicted octanol–water partition coefficient (Wildman–Crippen LogP) is 3.64. The van der Waals surface area contributed by atoms with Crippen molar-refractivity contribution in [3.63, 3.8) is 0 Å². The van der Waals surface area contributed by atoms with Gasteiger partial charge in [-0.1, -0.05) is 24.3 Å². The number of benzene rings is 2. The third-order valence-electron chi connectivity index (χ3n) is 2.93. The number of aryl methyl sites for hydroxylation is 2. The SMILES string of the molecule is Cc1cccc(-n2cc3ccc(C)cc3n2)c1. The van der Waals surface area contributed by atoms with E-state index < -0.39 is 0 Å². The third kappa shape index (κ3) is 1.82. The maximum Gasteiger partial charge on any atom is 0.0930 e. The Hall–Kier alpha value is -2.09. The molecule has 0 saturated heterocycles. The molecule has 17 heavy (non-hydrogen) atoms. The molecule has 1 heterocycles. The molecular weight excluding hydrogens is 208 g/mol. The molecule has 0 fully saturated rings. The Labute approximate surface area is 101 Å². The van der Waals surface area contributed by atoms with Crippen molar-refractivity contribution < 1.29 is 0 Å². The highest BCUT2D eigenvalue weighted by Crippen LogP contribution is 2.17. The molecule has 0 unspecified atom stereocenters. The molecule has 0 bridgehead atoms. The number of nitrogens with zero attached hydrogens (tertiary/aromatic N) is 2. The Morgan fingerprint density at radius 2 is 1.76 bits per heavy atom. The molecule has 0 amide bonds. The van der Waals surface area contributed by atoms with Crippen molar-refractivity contribution in [2.24, 2.45) is 0 Å². The minimum atomic E-state index is 1.05. The molecule has 1 aromatic heterocycles. The fourth-order valence-corrected chi connectivity index (χ4v) is 2.03. The van der Waals surface area contributed by atoms with Crippen molar-refractivity contribution in [1.29, 1.82) is 0 Å². The van der Waals surface area contributed by atoms with Crippen LogP contribution in [-0.4, -0.2) is 9.78 Å². The van der Waals surface area contributed by atoms with Gasteiger partial charge in [0.05, 0.1) is 11.2 Å². The van der Waals surface area contributed by atoms with Crippen LogP contribution in [0.4, 0.5) is 0 Å². The van der Waals surface area contributed by atoms with Crippen molar-refractivity contribution in [2.75, 3.05) is 0 Å². The Morgan fingerprint density at radius 3 is 2.59 bits per heavy atom. The van der Waals surface area contributed by atoms with Crippen LogP contribution in [0.1, 0.15) is 11.1 Å². The Kier molecular flexibility index (Phi) is 2.22. The lowest BCUT2D eigenvalue weighted by Crippen LogP contribution is -1.93. The molecule has 0 aliphatic carbocycles. The lowest BCUT2D eigenvalue weighted by molar-refractivity contribution is 0.895. The van der Waals surface area contributed by atoms with E-state index in [9.17, 15) is 0 Å². The molecule has 2 heteroatoms. The van der Waals surface area contributed by atoms with Crippen molar-refractivity contribution in [1.82, 2.24) is 9.78 Å². The molecule has 0 spiro atoms. The van der Waals surface area contributed by atoms with Gasteiger partial charge in [-0.3, -0.25) is 0 Å². The van der Waals surface area contributed by atoms with E-state index in [0.29, 0.717) is 0 Å². The van der Waals surface area contributed by atoms with Crippen LogP contribution in [0.2, 0.25) is 0 Å². The lowest BCUT2D eigenvalue weighted by Gasteiger charge is -2.01. The van der Waals surface area contributed by atoms with E-state index in [-0.39, 0.29) is 0 Å². The Morgan fingerprint density at radius 1 is 0.941 bits per heavy atom. The summed E-state index contributed by atoms with van der Waals surface area (Å²) < 4.78 is 1.94. The largest absolute Gasteiger partial charge is 0.240 e. The zero-order valence-corrected chi connectivity index (χ0v) is 10.0. The summed E-state index contributed by atoms with van der Waals surface area (Å²) in [6.07, 6.45) is 2.07. The van der Waals surface area contributed by atoms with Gasteiger partial charge in [-0.15, -0.1) is 0 Å². The predicted molar refractivity (Wildman–Crippen MR) is 70.5 cm³/mol. The van der Waals surface area contributed by atoms with Crippen LogP contribution in [0.3, 0.4) is 0 Å². The Bertz CT molecular complexity index is 680. The summed E-state index contributed by atoms with van der Waals surface area (Å²) in [5, 5.41) is 5.78. The summed E-state index contributed by atoms with van der Waals surface area (Å²) in [6, 6.07) is 14.7. The molecular formula is C15H14N2. The average Bonchev–Trinajstić information content (AvgIpc) is 2.72. The van der Waals surface area contributed by atoms with E-state index >= 15 is 0 Å². The molecule has 3 aromatic rings. The van der Waals surface area contributed by atoms with Gasteiger partial charge in [-0.05, 0) is 43.2 Å². The van der Waals surface area contributed by atoms with Crippen LogP contribution in [-0.2, 0) is 0 Å². The van der Waals surface area contributed by atoms with E-state index in [2.05, 4.69) is 67.6 Å². The van der Waals surface area contributed by atoms with Crippen LogP contribution in [0.25, 0.3) is 16.6 Å². The topological polar surface area (TPSA) is 17.8 Å².